The van der Waals surface area contributed by atoms with Gasteiger partial charge in [0.05, 0.1) is 6.26 Å². The molecule has 0 spiro atoms. The Bertz CT molecular complexity index is 415. The maximum absolute atomic E-state index is 10.6. The van der Waals surface area contributed by atoms with Crippen LogP contribution in [0.25, 0.3) is 0 Å². The Kier molecular flexibility index (Phi) is 2.45. The third-order valence-corrected chi connectivity index (χ3v) is 2.13. The van der Waals surface area contributed by atoms with Crippen molar-refractivity contribution in [1.29, 1.82) is 0 Å². The fraction of sp³-hybridized carbons (Fsp3) is 0.0833. The van der Waals surface area contributed by atoms with Gasteiger partial charge < -0.3 is 4.42 Å². The first kappa shape index (κ1) is 8.75. The van der Waals surface area contributed by atoms with E-state index in [0.29, 0.717) is 5.76 Å². The molecule has 0 aliphatic heterocycles. The molecule has 0 aliphatic rings. The molecule has 2 aromatic rings. The zero-order valence-corrected chi connectivity index (χ0v) is 7.64. The fourth-order valence-corrected chi connectivity index (χ4v) is 1.41. The number of hydrogen-bond acceptors (Lipinski definition) is 2. The van der Waals surface area contributed by atoms with Gasteiger partial charge in [0.15, 0.2) is 12.0 Å². The first-order chi connectivity index (χ1) is 6.90. The van der Waals surface area contributed by atoms with Gasteiger partial charge in [0.2, 0.25) is 0 Å². The minimum atomic E-state index is 0.425. The van der Waals surface area contributed by atoms with Gasteiger partial charge in [-0.3, -0.25) is 4.79 Å². The van der Waals surface area contributed by atoms with Crippen LogP contribution in [0.15, 0.2) is 47.1 Å². The smallest absolute Gasteiger partial charge is 0.185 e. The summed E-state index contributed by atoms with van der Waals surface area (Å²) in [6.07, 6.45) is 3.03. The highest BCUT2D eigenvalue weighted by atomic mass is 16.3. The van der Waals surface area contributed by atoms with Gasteiger partial charge in [-0.2, -0.15) is 0 Å². The van der Waals surface area contributed by atoms with E-state index in [-0.39, 0.29) is 0 Å². The zero-order valence-electron chi connectivity index (χ0n) is 7.64. The molecular weight excluding hydrogens is 176 g/mol. The summed E-state index contributed by atoms with van der Waals surface area (Å²) in [6, 6.07) is 11.8. The molecule has 0 radical (unpaired) electrons. The standard InChI is InChI=1S/C12H10O2/c13-9-12-11(6-7-14-12)8-10-4-2-1-3-5-10/h1-7,9H,8H2. The van der Waals surface area contributed by atoms with Crippen LogP contribution in [0, 0.1) is 0 Å². The normalized spacial score (nSPS) is 10.0. The van der Waals surface area contributed by atoms with Gasteiger partial charge in [0, 0.05) is 12.0 Å². The Balaban J connectivity index is 2.23. The summed E-state index contributed by atoms with van der Waals surface area (Å²) >= 11 is 0. The lowest BCUT2D eigenvalue weighted by atomic mass is 10.1. The molecule has 0 atom stereocenters. The molecule has 0 saturated heterocycles. The number of furan rings is 1. The minimum Gasteiger partial charge on any atom is -0.461 e. The Morgan fingerprint density at radius 2 is 1.93 bits per heavy atom. The number of hydrogen-bond donors (Lipinski definition) is 0. The summed E-state index contributed by atoms with van der Waals surface area (Å²) in [4.78, 5) is 10.6. The van der Waals surface area contributed by atoms with Crippen molar-refractivity contribution in [2.75, 3.05) is 0 Å². The molecule has 0 aliphatic carbocycles. The summed E-state index contributed by atoms with van der Waals surface area (Å²) in [5.41, 5.74) is 2.11. The minimum absolute atomic E-state index is 0.425. The topological polar surface area (TPSA) is 30.2 Å². The second-order valence-electron chi connectivity index (χ2n) is 3.09. The van der Waals surface area contributed by atoms with Crippen LogP contribution in [0.2, 0.25) is 0 Å². The highest BCUT2D eigenvalue weighted by Gasteiger charge is 2.04. The van der Waals surface area contributed by atoms with Gasteiger partial charge >= 0.3 is 0 Å². The van der Waals surface area contributed by atoms with Gasteiger partial charge in [-0.05, 0) is 11.6 Å². The van der Waals surface area contributed by atoms with Crippen LogP contribution in [0.5, 0.6) is 0 Å². The zero-order chi connectivity index (χ0) is 9.80. The van der Waals surface area contributed by atoms with Crippen molar-refractivity contribution in [1.82, 2.24) is 0 Å². The number of carbonyl (C=O) groups excluding carboxylic acids is 1. The molecule has 0 saturated carbocycles. The van der Waals surface area contributed by atoms with E-state index in [4.69, 9.17) is 4.42 Å². The molecule has 2 rings (SSSR count). The number of rotatable bonds is 3. The number of aldehydes is 1. The molecule has 0 fully saturated rings. The van der Waals surface area contributed by atoms with Gasteiger partial charge in [-0.1, -0.05) is 30.3 Å². The van der Waals surface area contributed by atoms with Crippen molar-refractivity contribution in [3.8, 4) is 0 Å². The Labute approximate surface area is 82.2 Å². The van der Waals surface area contributed by atoms with Crippen LogP contribution in [0.1, 0.15) is 21.7 Å². The molecule has 2 heteroatoms. The van der Waals surface area contributed by atoms with Crippen molar-refractivity contribution in [2.24, 2.45) is 0 Å². The Morgan fingerprint density at radius 3 is 2.64 bits per heavy atom. The van der Waals surface area contributed by atoms with Crippen LogP contribution < -0.4 is 0 Å². The lowest BCUT2D eigenvalue weighted by Crippen LogP contribution is -1.89. The average molecular weight is 186 g/mol. The van der Waals surface area contributed by atoms with Crippen molar-refractivity contribution >= 4 is 6.29 Å². The van der Waals surface area contributed by atoms with E-state index >= 15 is 0 Å². The summed E-state index contributed by atoms with van der Waals surface area (Å²) in [7, 11) is 0. The van der Waals surface area contributed by atoms with Crippen LogP contribution in [0.4, 0.5) is 0 Å². The summed E-state index contributed by atoms with van der Waals surface area (Å²) in [5, 5.41) is 0. The third kappa shape index (κ3) is 1.74. The van der Waals surface area contributed by atoms with Gasteiger partial charge in [-0.15, -0.1) is 0 Å². The van der Waals surface area contributed by atoms with E-state index in [1.165, 1.54) is 5.56 Å². The molecule has 1 aromatic heterocycles. The van der Waals surface area contributed by atoms with E-state index in [2.05, 4.69) is 0 Å². The first-order valence-electron chi connectivity index (χ1n) is 4.45. The van der Waals surface area contributed by atoms with E-state index in [1.807, 2.05) is 36.4 Å². The highest BCUT2D eigenvalue weighted by Crippen LogP contribution is 2.13. The summed E-state index contributed by atoms with van der Waals surface area (Å²) in [5.74, 6) is 0.425. The number of carbonyl (C=O) groups is 1. The second-order valence-corrected chi connectivity index (χ2v) is 3.09. The highest BCUT2D eigenvalue weighted by molar-refractivity contribution is 5.73. The maximum atomic E-state index is 10.6. The molecular formula is C12H10O2. The van der Waals surface area contributed by atoms with Crippen molar-refractivity contribution in [2.45, 2.75) is 6.42 Å². The molecule has 1 heterocycles. The van der Waals surface area contributed by atoms with Gasteiger partial charge in [0.1, 0.15) is 0 Å². The lowest BCUT2D eigenvalue weighted by molar-refractivity contribution is 0.109. The van der Waals surface area contributed by atoms with E-state index in [0.717, 1.165) is 18.3 Å². The van der Waals surface area contributed by atoms with E-state index in [1.54, 1.807) is 6.26 Å². The SMILES string of the molecule is O=Cc1occc1Cc1ccccc1. The van der Waals surface area contributed by atoms with E-state index < -0.39 is 0 Å². The maximum Gasteiger partial charge on any atom is 0.185 e. The quantitative estimate of drug-likeness (QED) is 0.690. The predicted molar refractivity (Wildman–Crippen MR) is 53.3 cm³/mol. The number of benzene rings is 1. The van der Waals surface area contributed by atoms with Gasteiger partial charge in [0.25, 0.3) is 0 Å². The van der Waals surface area contributed by atoms with Crippen molar-refractivity contribution in [3.05, 3.63) is 59.5 Å². The van der Waals surface area contributed by atoms with Crippen LogP contribution in [-0.4, -0.2) is 6.29 Å². The van der Waals surface area contributed by atoms with Gasteiger partial charge in [-0.25, -0.2) is 0 Å². The van der Waals surface area contributed by atoms with Crippen molar-refractivity contribution < 1.29 is 9.21 Å². The van der Waals surface area contributed by atoms with E-state index in [9.17, 15) is 4.79 Å². The Hall–Kier alpha value is -1.83. The first-order valence-corrected chi connectivity index (χ1v) is 4.45. The van der Waals surface area contributed by atoms with Crippen LogP contribution in [0.3, 0.4) is 0 Å². The Morgan fingerprint density at radius 1 is 1.14 bits per heavy atom. The molecule has 0 unspecified atom stereocenters. The molecule has 0 N–H and O–H groups in total. The summed E-state index contributed by atoms with van der Waals surface area (Å²) < 4.78 is 5.02. The molecule has 0 amide bonds. The molecule has 14 heavy (non-hydrogen) atoms. The van der Waals surface area contributed by atoms with Crippen molar-refractivity contribution in [3.63, 3.8) is 0 Å². The largest absolute Gasteiger partial charge is 0.461 e. The molecule has 2 nitrogen and oxygen atoms in total. The third-order valence-electron chi connectivity index (χ3n) is 2.13. The lowest BCUT2D eigenvalue weighted by Gasteiger charge is -1.97. The van der Waals surface area contributed by atoms with Crippen LogP contribution >= 0.6 is 0 Å². The molecule has 70 valence electrons. The average Bonchev–Trinajstić information content (AvgIpc) is 2.67. The van der Waals surface area contributed by atoms with Crippen LogP contribution in [-0.2, 0) is 6.42 Å². The second kappa shape index (κ2) is 3.92. The summed E-state index contributed by atoms with van der Waals surface area (Å²) in [6.45, 7) is 0. The monoisotopic (exact) mass is 186 g/mol. The molecule has 1 aromatic carbocycles. The molecule has 0 bridgehead atoms. The fourth-order valence-electron chi connectivity index (χ4n) is 1.41. The predicted octanol–water partition coefficient (Wildman–Crippen LogP) is 2.68.